The summed E-state index contributed by atoms with van der Waals surface area (Å²) in [6.07, 6.45) is 5.20. The summed E-state index contributed by atoms with van der Waals surface area (Å²) in [5.41, 5.74) is 9.18. The van der Waals surface area contributed by atoms with Gasteiger partial charge in [-0.3, -0.25) is 10.0 Å². The fourth-order valence-electron chi connectivity index (χ4n) is 5.15. The summed E-state index contributed by atoms with van der Waals surface area (Å²) in [6, 6.07) is 38.4. The molecule has 0 saturated carbocycles. The van der Waals surface area contributed by atoms with Crippen molar-refractivity contribution in [3.8, 4) is 0 Å². The summed E-state index contributed by atoms with van der Waals surface area (Å²) >= 11 is 0. The number of hydrazone groups is 1. The van der Waals surface area contributed by atoms with E-state index in [2.05, 4.69) is 140 Å². The molecular formula is C33H29N3. The standard InChI is InChI=1S/C33H29N3/c1-33(2)28-15-9-10-16-29(28)34-32(33)22-19-24-17-20-27(21-18-24)36-31(26-13-7-4-8-14-26)23-30(35-36)25-11-5-3-6-12-25/h3-22,31H,23H2,1-2H3/b22-19+. The van der Waals surface area contributed by atoms with Crippen LogP contribution in [0.15, 0.2) is 125 Å². The third kappa shape index (κ3) is 4.07. The maximum Gasteiger partial charge on any atom is 0.0831 e. The molecule has 0 aromatic heterocycles. The van der Waals surface area contributed by atoms with Crippen LogP contribution in [0, 0.1) is 0 Å². The number of hydrogen-bond donors (Lipinski definition) is 0. The molecule has 2 heterocycles. The topological polar surface area (TPSA) is 28.0 Å². The minimum atomic E-state index is -0.0892. The second-order valence-electron chi connectivity index (χ2n) is 9.95. The van der Waals surface area contributed by atoms with Crippen molar-refractivity contribution < 1.29 is 0 Å². The van der Waals surface area contributed by atoms with Crippen molar-refractivity contribution in [3.63, 3.8) is 0 Å². The third-order valence-electron chi connectivity index (χ3n) is 7.25. The van der Waals surface area contributed by atoms with Gasteiger partial charge in [0.25, 0.3) is 0 Å². The van der Waals surface area contributed by atoms with Gasteiger partial charge in [-0.05, 0) is 46.5 Å². The fourth-order valence-corrected chi connectivity index (χ4v) is 5.15. The van der Waals surface area contributed by atoms with Crippen LogP contribution < -0.4 is 5.01 Å². The second-order valence-corrected chi connectivity index (χ2v) is 9.95. The molecule has 176 valence electrons. The van der Waals surface area contributed by atoms with Crippen molar-refractivity contribution in [2.24, 2.45) is 10.1 Å². The molecule has 6 rings (SSSR count). The van der Waals surface area contributed by atoms with Gasteiger partial charge in [0.05, 0.1) is 28.8 Å². The number of fused-ring (bicyclic) bond motifs is 1. The van der Waals surface area contributed by atoms with Crippen LogP contribution in [0.5, 0.6) is 0 Å². The number of hydrogen-bond acceptors (Lipinski definition) is 3. The number of para-hydroxylation sites is 1. The summed E-state index contributed by atoms with van der Waals surface area (Å²) in [7, 11) is 0. The molecule has 1 atom stereocenters. The van der Waals surface area contributed by atoms with Crippen LogP contribution in [0.1, 0.15) is 48.6 Å². The van der Waals surface area contributed by atoms with Crippen molar-refractivity contribution in [2.45, 2.75) is 31.7 Å². The van der Waals surface area contributed by atoms with Crippen LogP contribution in [-0.4, -0.2) is 11.4 Å². The molecule has 2 aliphatic rings. The van der Waals surface area contributed by atoms with Crippen LogP contribution >= 0.6 is 0 Å². The van der Waals surface area contributed by atoms with Crippen molar-refractivity contribution in [1.29, 1.82) is 0 Å². The molecule has 2 aliphatic heterocycles. The lowest BCUT2D eigenvalue weighted by molar-refractivity contribution is 0.709. The van der Waals surface area contributed by atoms with E-state index in [9.17, 15) is 0 Å². The minimum Gasteiger partial charge on any atom is -0.257 e. The van der Waals surface area contributed by atoms with Gasteiger partial charge in [0, 0.05) is 11.8 Å². The molecular weight excluding hydrogens is 438 g/mol. The van der Waals surface area contributed by atoms with Gasteiger partial charge in [0.1, 0.15) is 0 Å². The van der Waals surface area contributed by atoms with Crippen LogP contribution in [0.4, 0.5) is 11.4 Å². The van der Waals surface area contributed by atoms with E-state index < -0.39 is 0 Å². The molecule has 1 unspecified atom stereocenters. The molecule has 4 aromatic rings. The maximum atomic E-state index is 5.08. The molecule has 0 N–H and O–H groups in total. The fraction of sp³-hybridized carbons (Fsp3) is 0.152. The average Bonchev–Trinajstić information content (AvgIpc) is 3.48. The number of benzene rings is 4. The summed E-state index contributed by atoms with van der Waals surface area (Å²) in [6.45, 7) is 4.48. The Morgan fingerprint density at radius 2 is 1.42 bits per heavy atom. The van der Waals surface area contributed by atoms with Gasteiger partial charge in [-0.1, -0.05) is 111 Å². The molecule has 0 fully saturated rings. The molecule has 0 saturated heterocycles. The first-order chi connectivity index (χ1) is 17.6. The molecule has 3 nitrogen and oxygen atoms in total. The zero-order valence-electron chi connectivity index (χ0n) is 20.7. The highest BCUT2D eigenvalue weighted by Gasteiger charge is 2.33. The molecule has 0 amide bonds. The van der Waals surface area contributed by atoms with Crippen LogP contribution in [0.25, 0.3) is 6.08 Å². The third-order valence-corrected chi connectivity index (χ3v) is 7.25. The Balaban J connectivity index is 1.27. The van der Waals surface area contributed by atoms with E-state index in [1.165, 1.54) is 16.7 Å². The predicted molar refractivity (Wildman–Crippen MR) is 151 cm³/mol. The largest absolute Gasteiger partial charge is 0.257 e. The van der Waals surface area contributed by atoms with Crippen LogP contribution in [0.3, 0.4) is 0 Å². The summed E-state index contributed by atoms with van der Waals surface area (Å²) in [5, 5.41) is 7.25. The minimum absolute atomic E-state index is 0.0892. The van der Waals surface area contributed by atoms with E-state index in [1.54, 1.807) is 0 Å². The van der Waals surface area contributed by atoms with Crippen molar-refractivity contribution in [3.05, 3.63) is 138 Å². The molecule has 0 radical (unpaired) electrons. The van der Waals surface area contributed by atoms with E-state index in [4.69, 9.17) is 10.1 Å². The number of anilines is 1. The Bertz CT molecular complexity index is 1460. The maximum absolute atomic E-state index is 5.08. The Morgan fingerprint density at radius 1 is 0.750 bits per heavy atom. The molecule has 4 aromatic carbocycles. The Hall–Kier alpha value is -4.24. The van der Waals surface area contributed by atoms with E-state index in [1.807, 2.05) is 0 Å². The summed E-state index contributed by atoms with van der Waals surface area (Å²) in [4.78, 5) is 4.88. The number of nitrogens with zero attached hydrogens (tertiary/aromatic N) is 3. The van der Waals surface area contributed by atoms with E-state index in [0.717, 1.165) is 34.8 Å². The lowest BCUT2D eigenvalue weighted by Gasteiger charge is -2.24. The highest BCUT2D eigenvalue weighted by Crippen LogP contribution is 2.40. The Morgan fingerprint density at radius 3 is 2.14 bits per heavy atom. The van der Waals surface area contributed by atoms with E-state index >= 15 is 0 Å². The van der Waals surface area contributed by atoms with E-state index in [0.29, 0.717) is 0 Å². The highest BCUT2D eigenvalue weighted by molar-refractivity contribution is 6.10. The number of aliphatic imine (C=N–C) groups is 1. The lowest BCUT2D eigenvalue weighted by atomic mass is 9.81. The van der Waals surface area contributed by atoms with Gasteiger partial charge in [0.15, 0.2) is 0 Å². The van der Waals surface area contributed by atoms with Gasteiger partial charge in [-0.2, -0.15) is 5.10 Å². The molecule has 0 aliphatic carbocycles. The molecule has 3 heteroatoms. The zero-order chi connectivity index (χ0) is 24.5. The normalized spacial score (nSPS) is 18.3. The van der Waals surface area contributed by atoms with E-state index in [-0.39, 0.29) is 11.5 Å². The van der Waals surface area contributed by atoms with Crippen molar-refractivity contribution in [2.75, 3.05) is 5.01 Å². The zero-order valence-corrected chi connectivity index (χ0v) is 20.7. The SMILES string of the molecule is CC1(C)C(/C=C/c2ccc(N3N=C(c4ccccc4)CC3c3ccccc3)cc2)=Nc2ccccc21. The highest BCUT2D eigenvalue weighted by atomic mass is 15.5. The van der Waals surface area contributed by atoms with Gasteiger partial charge >= 0.3 is 0 Å². The first-order valence-corrected chi connectivity index (χ1v) is 12.5. The van der Waals surface area contributed by atoms with Gasteiger partial charge in [-0.25, -0.2) is 0 Å². The first kappa shape index (κ1) is 22.2. The lowest BCUT2D eigenvalue weighted by Crippen LogP contribution is -2.23. The number of rotatable bonds is 5. The van der Waals surface area contributed by atoms with Crippen LogP contribution in [0.2, 0.25) is 0 Å². The number of allylic oxidation sites excluding steroid dienone is 1. The molecule has 36 heavy (non-hydrogen) atoms. The predicted octanol–water partition coefficient (Wildman–Crippen LogP) is 8.12. The summed E-state index contributed by atoms with van der Waals surface area (Å²) in [5.74, 6) is 0. The average molecular weight is 468 g/mol. The molecule has 0 spiro atoms. The Labute approximate surface area is 213 Å². The summed E-state index contributed by atoms with van der Waals surface area (Å²) < 4.78 is 0. The van der Waals surface area contributed by atoms with Crippen molar-refractivity contribution >= 4 is 28.9 Å². The van der Waals surface area contributed by atoms with Crippen molar-refractivity contribution in [1.82, 2.24) is 0 Å². The van der Waals surface area contributed by atoms with Crippen LogP contribution in [-0.2, 0) is 5.41 Å². The second kappa shape index (κ2) is 9.09. The monoisotopic (exact) mass is 467 g/mol. The smallest absolute Gasteiger partial charge is 0.0831 e. The van der Waals surface area contributed by atoms with Gasteiger partial charge in [-0.15, -0.1) is 0 Å². The first-order valence-electron chi connectivity index (χ1n) is 12.5. The quantitative estimate of drug-likeness (QED) is 0.291. The Kier molecular flexibility index (Phi) is 5.61. The molecule has 0 bridgehead atoms. The van der Waals surface area contributed by atoms with Gasteiger partial charge < -0.3 is 0 Å². The van der Waals surface area contributed by atoms with Gasteiger partial charge in [0.2, 0.25) is 0 Å².